The summed E-state index contributed by atoms with van der Waals surface area (Å²) in [6.45, 7) is 1.64. The lowest BCUT2D eigenvalue weighted by Gasteiger charge is -2.26. The summed E-state index contributed by atoms with van der Waals surface area (Å²) in [4.78, 5) is 21.8. The van der Waals surface area contributed by atoms with E-state index in [2.05, 4.69) is 32.4 Å². The number of aromatic amines is 1. The number of nitrogens with zero attached hydrogens (tertiary/aromatic N) is 5. The molecule has 0 saturated heterocycles. The molecule has 0 atom stereocenters. The molecule has 0 saturated carbocycles. The topological polar surface area (TPSA) is 99.9 Å². The Morgan fingerprint density at radius 1 is 1.38 bits per heavy atom. The second-order valence-corrected chi connectivity index (χ2v) is 6.30. The van der Waals surface area contributed by atoms with Crippen molar-refractivity contribution in [2.24, 2.45) is 0 Å². The molecule has 0 spiro atoms. The van der Waals surface area contributed by atoms with Crippen LogP contribution in [0.25, 0.3) is 16.6 Å². The van der Waals surface area contributed by atoms with Gasteiger partial charge in [0, 0.05) is 42.9 Å². The number of aliphatic hydroxyl groups excluding tert-OH is 1. The zero-order chi connectivity index (χ0) is 17.9. The van der Waals surface area contributed by atoms with Crippen molar-refractivity contribution in [2.75, 3.05) is 13.1 Å². The number of hydrogen-bond donors (Lipinski definition) is 2. The number of amides is 1. The molecule has 0 unspecified atom stereocenters. The van der Waals surface area contributed by atoms with Gasteiger partial charge in [0.1, 0.15) is 11.3 Å². The van der Waals surface area contributed by atoms with E-state index < -0.39 is 0 Å². The highest BCUT2D eigenvalue weighted by Gasteiger charge is 2.19. The van der Waals surface area contributed by atoms with Crippen LogP contribution in [0.2, 0.25) is 0 Å². The number of carbonyl (C=O) groups is 1. The smallest absolute Gasteiger partial charge is 0.224 e. The van der Waals surface area contributed by atoms with Gasteiger partial charge < -0.3 is 15.0 Å². The van der Waals surface area contributed by atoms with Crippen LogP contribution in [0.4, 0.5) is 0 Å². The van der Waals surface area contributed by atoms with E-state index in [1.807, 2.05) is 17.2 Å². The van der Waals surface area contributed by atoms with Gasteiger partial charge >= 0.3 is 0 Å². The van der Waals surface area contributed by atoms with Gasteiger partial charge in [0.2, 0.25) is 5.91 Å². The summed E-state index contributed by atoms with van der Waals surface area (Å²) >= 11 is 0. The molecule has 8 nitrogen and oxygen atoms in total. The average Bonchev–Trinajstić information content (AvgIpc) is 3.33. The predicted molar refractivity (Wildman–Crippen MR) is 95.8 cm³/mol. The first-order valence-corrected chi connectivity index (χ1v) is 8.64. The molecule has 134 valence electrons. The van der Waals surface area contributed by atoms with Crippen LogP contribution in [-0.4, -0.2) is 54.0 Å². The maximum Gasteiger partial charge on any atom is 0.224 e. The largest absolute Gasteiger partial charge is 0.390 e. The fourth-order valence-corrected chi connectivity index (χ4v) is 3.25. The number of hydrogen-bond acceptors (Lipinski definition) is 5. The van der Waals surface area contributed by atoms with Gasteiger partial charge in [-0.2, -0.15) is 0 Å². The number of fused-ring (bicyclic) bond motifs is 1. The fourth-order valence-electron chi connectivity index (χ4n) is 3.25. The Morgan fingerprint density at radius 3 is 3.08 bits per heavy atom. The van der Waals surface area contributed by atoms with Crippen molar-refractivity contribution in [3.05, 3.63) is 48.1 Å². The van der Waals surface area contributed by atoms with Crippen LogP contribution < -0.4 is 0 Å². The number of carbonyl (C=O) groups excluding carboxylic acids is 1. The van der Waals surface area contributed by atoms with E-state index in [9.17, 15) is 4.79 Å². The molecule has 1 aliphatic rings. The standard InChI is InChI=1S/C18H20N6O2/c25-12-14-11-24(22-21-14)9-5-17(26)23-7-3-13(4-8-23)16-10-20-18-15(16)2-1-6-19-18/h1-3,6,10-11,25H,4-5,7-9,12H2,(H,19,20). The molecule has 0 fully saturated rings. The monoisotopic (exact) mass is 352 g/mol. The van der Waals surface area contributed by atoms with Crippen molar-refractivity contribution in [2.45, 2.75) is 26.0 Å². The van der Waals surface area contributed by atoms with E-state index in [0.29, 0.717) is 31.7 Å². The highest BCUT2D eigenvalue weighted by atomic mass is 16.3. The van der Waals surface area contributed by atoms with Crippen LogP contribution in [-0.2, 0) is 17.9 Å². The summed E-state index contributed by atoms with van der Waals surface area (Å²) in [5.41, 5.74) is 3.81. The highest BCUT2D eigenvalue weighted by Crippen LogP contribution is 2.28. The molecule has 1 aliphatic heterocycles. The maximum absolute atomic E-state index is 12.4. The van der Waals surface area contributed by atoms with Crippen molar-refractivity contribution >= 4 is 22.5 Å². The predicted octanol–water partition coefficient (Wildman–Crippen LogP) is 1.35. The second kappa shape index (κ2) is 7.09. The van der Waals surface area contributed by atoms with Crippen LogP contribution in [0.5, 0.6) is 0 Å². The van der Waals surface area contributed by atoms with E-state index in [1.54, 1.807) is 17.1 Å². The third-order valence-corrected chi connectivity index (χ3v) is 4.66. The Labute approximate surface area is 150 Å². The molecule has 1 amide bonds. The summed E-state index contributed by atoms with van der Waals surface area (Å²) in [6, 6.07) is 4.00. The van der Waals surface area contributed by atoms with Crippen LogP contribution in [0, 0.1) is 0 Å². The van der Waals surface area contributed by atoms with E-state index in [0.717, 1.165) is 17.5 Å². The van der Waals surface area contributed by atoms with Gasteiger partial charge in [0.25, 0.3) is 0 Å². The lowest BCUT2D eigenvalue weighted by molar-refractivity contribution is -0.131. The summed E-state index contributed by atoms with van der Waals surface area (Å²) < 4.78 is 1.59. The molecule has 2 N–H and O–H groups in total. The normalized spacial score (nSPS) is 14.7. The summed E-state index contributed by atoms with van der Waals surface area (Å²) in [5, 5.41) is 17.8. The van der Waals surface area contributed by atoms with Crippen LogP contribution in [0.1, 0.15) is 24.1 Å². The van der Waals surface area contributed by atoms with E-state index in [-0.39, 0.29) is 12.5 Å². The molecular weight excluding hydrogens is 332 g/mol. The molecule has 4 rings (SSSR count). The fraction of sp³-hybridized carbons (Fsp3) is 0.333. The number of aromatic nitrogens is 5. The first-order valence-electron chi connectivity index (χ1n) is 8.64. The van der Waals surface area contributed by atoms with Gasteiger partial charge in [-0.1, -0.05) is 11.3 Å². The van der Waals surface area contributed by atoms with Gasteiger partial charge in [-0.25, -0.2) is 4.98 Å². The van der Waals surface area contributed by atoms with Crippen molar-refractivity contribution in [1.29, 1.82) is 0 Å². The van der Waals surface area contributed by atoms with Crippen LogP contribution >= 0.6 is 0 Å². The minimum Gasteiger partial charge on any atom is -0.390 e. The SMILES string of the molecule is O=C(CCn1cc(CO)nn1)N1CC=C(c2c[nH]c3ncccc23)CC1. The molecule has 0 radical (unpaired) electrons. The van der Waals surface area contributed by atoms with Gasteiger partial charge in [-0.15, -0.1) is 5.10 Å². The quantitative estimate of drug-likeness (QED) is 0.722. The lowest BCUT2D eigenvalue weighted by atomic mass is 9.99. The minimum absolute atomic E-state index is 0.0990. The van der Waals surface area contributed by atoms with Gasteiger partial charge in [-0.05, 0) is 24.1 Å². The van der Waals surface area contributed by atoms with E-state index >= 15 is 0 Å². The Kier molecular flexibility index (Phi) is 4.49. The zero-order valence-corrected chi connectivity index (χ0v) is 14.3. The Morgan fingerprint density at radius 2 is 2.31 bits per heavy atom. The third kappa shape index (κ3) is 3.23. The van der Waals surface area contributed by atoms with Gasteiger partial charge in [-0.3, -0.25) is 9.48 Å². The molecule has 4 heterocycles. The van der Waals surface area contributed by atoms with Crippen molar-refractivity contribution in [3.63, 3.8) is 0 Å². The molecule has 0 aliphatic carbocycles. The third-order valence-electron chi connectivity index (χ3n) is 4.66. The summed E-state index contributed by atoms with van der Waals surface area (Å²) in [7, 11) is 0. The van der Waals surface area contributed by atoms with Gasteiger partial charge in [0.15, 0.2) is 0 Å². The van der Waals surface area contributed by atoms with E-state index in [4.69, 9.17) is 5.11 Å². The second-order valence-electron chi connectivity index (χ2n) is 6.30. The van der Waals surface area contributed by atoms with Crippen molar-refractivity contribution in [1.82, 2.24) is 29.9 Å². The molecule has 3 aromatic rings. The van der Waals surface area contributed by atoms with Crippen LogP contribution in [0.3, 0.4) is 0 Å². The Balaban J connectivity index is 1.38. The molecule has 0 aromatic carbocycles. The Hall–Kier alpha value is -3.00. The number of pyridine rings is 1. The van der Waals surface area contributed by atoms with Gasteiger partial charge in [0.05, 0.1) is 19.3 Å². The first kappa shape index (κ1) is 16.5. The Bertz CT molecular complexity index is 957. The van der Waals surface area contributed by atoms with Crippen molar-refractivity contribution in [3.8, 4) is 0 Å². The number of nitrogens with one attached hydrogen (secondary N) is 1. The molecule has 3 aromatic heterocycles. The zero-order valence-electron chi connectivity index (χ0n) is 14.3. The molecular formula is C18H20N6O2. The molecule has 8 heteroatoms. The van der Waals surface area contributed by atoms with Crippen molar-refractivity contribution < 1.29 is 9.90 Å². The minimum atomic E-state index is -0.142. The number of H-pyrrole nitrogens is 1. The highest BCUT2D eigenvalue weighted by molar-refractivity contribution is 5.91. The number of rotatable bonds is 5. The summed E-state index contributed by atoms with van der Waals surface area (Å²) in [6.07, 6.45) is 8.74. The molecule has 26 heavy (non-hydrogen) atoms. The van der Waals surface area contributed by atoms with E-state index in [1.165, 1.54) is 11.1 Å². The maximum atomic E-state index is 12.4. The number of aryl methyl sites for hydroxylation is 1. The number of aliphatic hydroxyl groups is 1. The molecule has 0 bridgehead atoms. The lowest BCUT2D eigenvalue weighted by Crippen LogP contribution is -2.35. The first-order chi connectivity index (χ1) is 12.7. The average molecular weight is 352 g/mol. The summed E-state index contributed by atoms with van der Waals surface area (Å²) in [5.74, 6) is 0.0990. The van der Waals surface area contributed by atoms with Crippen LogP contribution in [0.15, 0.2) is 36.8 Å².